The second-order valence-electron chi connectivity index (χ2n) is 19.1. The molecule has 1 aliphatic rings. The van der Waals surface area contributed by atoms with Gasteiger partial charge >= 0.3 is 0 Å². The number of benzene rings is 8. The molecule has 0 aliphatic heterocycles. The number of hydrogen-bond acceptors (Lipinski definition) is 4. The second kappa shape index (κ2) is 13.8. The first-order chi connectivity index (χ1) is 31.7. The Morgan fingerprint density at radius 1 is 0.385 bits per heavy atom. The van der Waals surface area contributed by atoms with E-state index in [0.717, 1.165) is 79.3 Å². The van der Waals surface area contributed by atoms with Crippen LogP contribution >= 0.6 is 0 Å². The van der Waals surface area contributed by atoms with Gasteiger partial charge in [-0.1, -0.05) is 143 Å². The lowest BCUT2D eigenvalue weighted by Crippen LogP contribution is -2.33. The van der Waals surface area contributed by atoms with Gasteiger partial charge in [-0.2, -0.15) is 9.97 Å². The van der Waals surface area contributed by atoms with Crippen molar-refractivity contribution in [2.45, 2.75) is 51.4 Å². The van der Waals surface area contributed by atoms with Crippen LogP contribution in [0.4, 0.5) is 0 Å². The molecule has 1 aliphatic carbocycles. The van der Waals surface area contributed by atoms with Crippen LogP contribution in [-0.2, 0) is 10.8 Å². The normalized spacial score (nSPS) is 14.6. The highest BCUT2D eigenvalue weighted by Gasteiger charge is 2.38. The van der Waals surface area contributed by atoms with Crippen LogP contribution in [0.15, 0.2) is 180 Å². The molecule has 0 unspecified atom stereocenters. The Hall–Kier alpha value is -7.83. The van der Waals surface area contributed by atoms with Crippen LogP contribution in [0.25, 0.3) is 111 Å². The first-order valence-electron chi connectivity index (χ1n) is 22.6. The summed E-state index contributed by atoms with van der Waals surface area (Å²) >= 11 is 0. The number of furan rings is 1. The van der Waals surface area contributed by atoms with E-state index in [0.29, 0.717) is 17.6 Å². The van der Waals surface area contributed by atoms with Gasteiger partial charge in [-0.05, 0) is 107 Å². The van der Waals surface area contributed by atoms with E-state index >= 15 is 0 Å². The van der Waals surface area contributed by atoms with E-state index in [4.69, 9.17) is 19.4 Å². The van der Waals surface area contributed by atoms with Gasteiger partial charge in [0.25, 0.3) is 0 Å². The molecule has 0 N–H and O–H groups in total. The topological polar surface area (TPSA) is 61.7 Å². The molecule has 0 atom stereocenters. The minimum absolute atomic E-state index is 0.00157. The monoisotopic (exact) mass is 839 g/mol. The molecule has 4 heterocycles. The Kier molecular flexibility index (Phi) is 8.02. The standard InChI is InChI=1S/C59H45N5O/c1-58(2)29-30-59(3,4)48-34-50-45(33-47(48)58)44-32-43-41-19-11-13-21-49(41)63(40-17-9-6-10-18-40)51(43)35-52(44)64(50)57-61-55(37-15-7-5-8-16-37)60-56(62-57)38-25-23-36(24-26-38)39-27-28-54-46(31-39)42-20-12-14-22-53(42)65-54/h5-28,31-35H,29-30H2,1-4H3. The molecule has 312 valence electrons. The van der Waals surface area contributed by atoms with Gasteiger partial charge < -0.3 is 8.98 Å². The molecule has 0 bridgehead atoms. The summed E-state index contributed by atoms with van der Waals surface area (Å²) in [6.07, 6.45) is 2.25. The first kappa shape index (κ1) is 37.7. The molecule has 0 radical (unpaired) electrons. The van der Waals surface area contributed by atoms with E-state index in [2.05, 4.69) is 182 Å². The van der Waals surface area contributed by atoms with Crippen molar-refractivity contribution >= 4 is 65.6 Å². The number of fused-ring (bicyclic) bond motifs is 10. The fraction of sp³-hybridized carbons (Fsp3) is 0.136. The second-order valence-corrected chi connectivity index (χ2v) is 19.1. The van der Waals surface area contributed by atoms with Crippen molar-refractivity contribution in [1.82, 2.24) is 24.1 Å². The zero-order valence-corrected chi connectivity index (χ0v) is 36.8. The average Bonchev–Trinajstić information content (AvgIpc) is 3.99. The number of para-hydroxylation sites is 3. The number of hydrogen-bond donors (Lipinski definition) is 0. The number of nitrogens with zero attached hydrogens (tertiary/aromatic N) is 5. The third-order valence-electron chi connectivity index (χ3n) is 14.3. The fourth-order valence-electron chi connectivity index (χ4n) is 10.6. The van der Waals surface area contributed by atoms with Crippen LogP contribution in [0, 0.1) is 0 Å². The number of rotatable bonds is 5. The van der Waals surface area contributed by atoms with Gasteiger partial charge in [0.2, 0.25) is 5.95 Å². The predicted octanol–water partition coefficient (Wildman–Crippen LogP) is 15.3. The lowest BCUT2D eigenvalue weighted by molar-refractivity contribution is 0.332. The Balaban J connectivity index is 1.07. The highest BCUT2D eigenvalue weighted by molar-refractivity contribution is 6.19. The molecule has 0 saturated carbocycles. The zero-order valence-electron chi connectivity index (χ0n) is 36.8. The highest BCUT2D eigenvalue weighted by atomic mass is 16.3. The highest BCUT2D eigenvalue weighted by Crippen LogP contribution is 2.49. The van der Waals surface area contributed by atoms with Gasteiger partial charge in [0, 0.05) is 49.1 Å². The van der Waals surface area contributed by atoms with E-state index in [9.17, 15) is 0 Å². The molecule has 65 heavy (non-hydrogen) atoms. The molecule has 6 nitrogen and oxygen atoms in total. The van der Waals surface area contributed by atoms with E-state index in [1.54, 1.807) is 0 Å². The molecular weight excluding hydrogens is 795 g/mol. The summed E-state index contributed by atoms with van der Waals surface area (Å²) in [4.78, 5) is 16.0. The van der Waals surface area contributed by atoms with Crippen LogP contribution in [0.5, 0.6) is 0 Å². The Labute approximate surface area is 376 Å². The van der Waals surface area contributed by atoms with Gasteiger partial charge in [0.1, 0.15) is 11.2 Å². The maximum atomic E-state index is 6.14. The van der Waals surface area contributed by atoms with Gasteiger partial charge in [0.15, 0.2) is 11.6 Å². The summed E-state index contributed by atoms with van der Waals surface area (Å²) in [5.41, 5.74) is 14.3. The molecule has 12 aromatic rings. The van der Waals surface area contributed by atoms with Crippen LogP contribution < -0.4 is 0 Å². The molecule has 13 rings (SSSR count). The van der Waals surface area contributed by atoms with Crippen molar-refractivity contribution < 1.29 is 4.42 Å². The van der Waals surface area contributed by atoms with Crippen LogP contribution in [0.2, 0.25) is 0 Å². The van der Waals surface area contributed by atoms with Crippen molar-refractivity contribution in [3.8, 4) is 45.5 Å². The van der Waals surface area contributed by atoms with Crippen LogP contribution in [0.3, 0.4) is 0 Å². The smallest absolute Gasteiger partial charge is 0.238 e. The summed E-state index contributed by atoms with van der Waals surface area (Å²) in [5, 5.41) is 7.06. The zero-order chi connectivity index (χ0) is 43.6. The quantitative estimate of drug-likeness (QED) is 0.173. The SMILES string of the molecule is CC1(C)CCC(C)(C)c2cc3c(cc21)c1cc2c4ccccc4n(-c4ccccc4)c2cc1n3-c1nc(-c2ccccc2)nc(-c2ccc(-c3ccc4oc5ccccc5c4c3)cc2)n1. The van der Waals surface area contributed by atoms with Crippen molar-refractivity contribution in [3.63, 3.8) is 0 Å². The molecule has 0 spiro atoms. The van der Waals surface area contributed by atoms with E-state index in [-0.39, 0.29) is 10.8 Å². The third-order valence-corrected chi connectivity index (χ3v) is 14.3. The van der Waals surface area contributed by atoms with E-state index in [1.807, 2.05) is 30.3 Å². The van der Waals surface area contributed by atoms with E-state index in [1.165, 1.54) is 38.2 Å². The number of aromatic nitrogens is 5. The average molecular weight is 840 g/mol. The first-order valence-corrected chi connectivity index (χ1v) is 22.6. The Morgan fingerprint density at radius 3 is 1.68 bits per heavy atom. The third kappa shape index (κ3) is 5.83. The van der Waals surface area contributed by atoms with Crippen molar-refractivity contribution in [2.75, 3.05) is 0 Å². The summed E-state index contributed by atoms with van der Waals surface area (Å²) in [7, 11) is 0. The summed E-state index contributed by atoms with van der Waals surface area (Å²) in [6, 6.07) is 62.7. The maximum Gasteiger partial charge on any atom is 0.238 e. The molecule has 0 amide bonds. The molecule has 0 saturated heterocycles. The van der Waals surface area contributed by atoms with Crippen molar-refractivity contribution in [3.05, 3.63) is 187 Å². The minimum Gasteiger partial charge on any atom is -0.456 e. The van der Waals surface area contributed by atoms with Crippen molar-refractivity contribution in [1.29, 1.82) is 0 Å². The van der Waals surface area contributed by atoms with Crippen LogP contribution in [0.1, 0.15) is 51.7 Å². The Bertz CT molecular complexity index is 3870. The summed E-state index contributed by atoms with van der Waals surface area (Å²) < 4.78 is 10.9. The molecule has 4 aromatic heterocycles. The fourth-order valence-corrected chi connectivity index (χ4v) is 10.6. The van der Waals surface area contributed by atoms with Gasteiger partial charge in [-0.3, -0.25) is 4.57 Å². The van der Waals surface area contributed by atoms with Gasteiger partial charge in [-0.15, -0.1) is 0 Å². The van der Waals surface area contributed by atoms with Gasteiger partial charge in [-0.25, -0.2) is 4.98 Å². The maximum absolute atomic E-state index is 6.14. The molecule has 0 fully saturated rings. The lowest BCUT2D eigenvalue weighted by Gasteiger charge is -2.42. The van der Waals surface area contributed by atoms with Gasteiger partial charge in [0.05, 0.1) is 22.1 Å². The largest absolute Gasteiger partial charge is 0.456 e. The van der Waals surface area contributed by atoms with Crippen LogP contribution in [-0.4, -0.2) is 24.1 Å². The van der Waals surface area contributed by atoms with E-state index < -0.39 is 0 Å². The summed E-state index contributed by atoms with van der Waals surface area (Å²) in [6.45, 7) is 9.62. The molecule has 6 heteroatoms. The molecular formula is C59H45N5O. The predicted molar refractivity (Wildman–Crippen MR) is 267 cm³/mol. The lowest BCUT2D eigenvalue weighted by atomic mass is 9.63. The molecule has 8 aromatic carbocycles. The minimum atomic E-state index is 0.00157. The summed E-state index contributed by atoms with van der Waals surface area (Å²) in [5.74, 6) is 1.83. The Morgan fingerprint density at radius 2 is 0.923 bits per heavy atom. The van der Waals surface area contributed by atoms with Crippen molar-refractivity contribution in [2.24, 2.45) is 0 Å².